The third-order valence-electron chi connectivity index (χ3n) is 6.18. The van der Waals surface area contributed by atoms with Crippen LogP contribution in [0.25, 0.3) is 0 Å². The Morgan fingerprint density at radius 2 is 1.59 bits per heavy atom. The Morgan fingerprint density at radius 1 is 0.971 bits per heavy atom. The molecule has 0 aliphatic carbocycles. The number of hydrogen-bond donors (Lipinski definition) is 0. The van der Waals surface area contributed by atoms with Gasteiger partial charge in [-0.1, -0.05) is 50.2 Å². The van der Waals surface area contributed by atoms with Gasteiger partial charge in [0.2, 0.25) is 5.91 Å². The van der Waals surface area contributed by atoms with Crippen molar-refractivity contribution >= 4 is 28.9 Å². The molecule has 0 fully saturated rings. The number of hydrogen-bond acceptors (Lipinski definition) is 4. The summed E-state index contributed by atoms with van der Waals surface area (Å²) < 4.78 is 0. The molecule has 7 nitrogen and oxygen atoms in total. The molecule has 2 atom stereocenters. The zero-order valence-electron chi connectivity index (χ0n) is 19.4. The van der Waals surface area contributed by atoms with E-state index in [0.29, 0.717) is 12.0 Å². The van der Waals surface area contributed by atoms with Crippen LogP contribution in [-0.2, 0) is 4.79 Å². The first-order valence-electron chi connectivity index (χ1n) is 11.3. The van der Waals surface area contributed by atoms with Crippen LogP contribution in [0, 0.1) is 16.0 Å². The van der Waals surface area contributed by atoms with E-state index in [2.05, 4.69) is 0 Å². The molecule has 174 valence electrons. The Balaban J connectivity index is 1.82. The summed E-state index contributed by atoms with van der Waals surface area (Å²) in [5.41, 5.74) is 2.72. The van der Waals surface area contributed by atoms with Crippen molar-refractivity contribution in [2.75, 3.05) is 9.80 Å². The molecule has 3 aromatic carbocycles. The van der Waals surface area contributed by atoms with Crippen molar-refractivity contribution in [2.45, 2.75) is 39.3 Å². The van der Waals surface area contributed by atoms with Crippen LogP contribution in [-0.4, -0.2) is 22.8 Å². The second-order valence-corrected chi connectivity index (χ2v) is 8.84. The standard InChI is InChI=1S/C27H27N3O4/c1-18(2)26(31)28-19(3)17-25(23-11-7-8-12-24(23)28)29(21-9-5-4-6-10-21)27(32)20-13-15-22(16-14-20)30(33)34/h4-16,18-19,25H,17H2,1-3H3/t19-,25+/m1/s1. The molecule has 1 aliphatic heterocycles. The van der Waals surface area contributed by atoms with Crippen molar-refractivity contribution in [1.82, 2.24) is 0 Å². The molecule has 1 heterocycles. The SMILES string of the molecule is CC(C)C(=O)N1c2ccccc2[C@@H](N(C(=O)c2ccc([N+](=O)[O-])cc2)c2ccccc2)C[C@H]1C. The smallest absolute Gasteiger partial charge is 0.269 e. The van der Waals surface area contributed by atoms with E-state index in [-0.39, 0.29) is 35.5 Å². The van der Waals surface area contributed by atoms with Crippen molar-refractivity contribution in [3.63, 3.8) is 0 Å². The van der Waals surface area contributed by atoms with E-state index in [1.165, 1.54) is 24.3 Å². The Labute approximate surface area is 198 Å². The zero-order valence-corrected chi connectivity index (χ0v) is 19.4. The summed E-state index contributed by atoms with van der Waals surface area (Å²) in [6, 6.07) is 22.3. The highest BCUT2D eigenvalue weighted by Gasteiger charge is 2.39. The number of nitro groups is 1. The van der Waals surface area contributed by atoms with Crippen molar-refractivity contribution in [1.29, 1.82) is 0 Å². The molecule has 0 radical (unpaired) electrons. The molecule has 0 saturated heterocycles. The summed E-state index contributed by atoms with van der Waals surface area (Å²) in [5.74, 6) is -0.359. The molecule has 2 amide bonds. The predicted octanol–water partition coefficient (Wildman–Crippen LogP) is 5.76. The van der Waals surface area contributed by atoms with E-state index in [9.17, 15) is 19.7 Å². The number of carbonyl (C=O) groups excluding carboxylic acids is 2. The quantitative estimate of drug-likeness (QED) is 0.360. The number of nitrogens with zero attached hydrogens (tertiary/aromatic N) is 3. The summed E-state index contributed by atoms with van der Waals surface area (Å²) in [6.07, 6.45) is 0.559. The summed E-state index contributed by atoms with van der Waals surface area (Å²) >= 11 is 0. The number of para-hydroxylation sites is 2. The number of nitro benzene ring substituents is 1. The molecule has 0 aromatic heterocycles. The number of carbonyl (C=O) groups is 2. The third-order valence-corrected chi connectivity index (χ3v) is 6.18. The van der Waals surface area contributed by atoms with E-state index in [1.54, 1.807) is 4.90 Å². The topological polar surface area (TPSA) is 83.8 Å². The maximum atomic E-state index is 13.8. The van der Waals surface area contributed by atoms with Crippen molar-refractivity contribution < 1.29 is 14.5 Å². The Kier molecular flexibility index (Phi) is 6.45. The van der Waals surface area contributed by atoms with E-state index in [4.69, 9.17) is 0 Å². The monoisotopic (exact) mass is 457 g/mol. The number of rotatable bonds is 5. The number of anilines is 2. The molecule has 0 spiro atoms. The lowest BCUT2D eigenvalue weighted by atomic mass is 9.88. The minimum absolute atomic E-state index is 0.0476. The zero-order chi connectivity index (χ0) is 24.4. The lowest BCUT2D eigenvalue weighted by molar-refractivity contribution is -0.384. The maximum Gasteiger partial charge on any atom is 0.269 e. The first-order valence-corrected chi connectivity index (χ1v) is 11.3. The summed E-state index contributed by atoms with van der Waals surface area (Å²) in [4.78, 5) is 41.1. The molecule has 7 heteroatoms. The molecule has 3 aromatic rings. The second-order valence-electron chi connectivity index (χ2n) is 8.84. The van der Waals surface area contributed by atoms with Gasteiger partial charge in [0, 0.05) is 41.0 Å². The lowest BCUT2D eigenvalue weighted by Crippen LogP contribution is -2.49. The fourth-order valence-electron chi connectivity index (χ4n) is 4.53. The van der Waals surface area contributed by atoms with Crippen LogP contribution in [0.2, 0.25) is 0 Å². The van der Waals surface area contributed by atoms with Crippen LogP contribution in [0.5, 0.6) is 0 Å². The van der Waals surface area contributed by atoms with Crippen LogP contribution in [0.4, 0.5) is 17.1 Å². The fourth-order valence-corrected chi connectivity index (χ4v) is 4.53. The van der Waals surface area contributed by atoms with Gasteiger partial charge in [0.25, 0.3) is 11.6 Å². The van der Waals surface area contributed by atoms with Crippen LogP contribution < -0.4 is 9.80 Å². The minimum Gasteiger partial charge on any atom is -0.309 e. The Hall–Kier alpha value is -4.00. The van der Waals surface area contributed by atoms with Gasteiger partial charge in [0.15, 0.2) is 0 Å². The van der Waals surface area contributed by atoms with Gasteiger partial charge in [0.05, 0.1) is 11.0 Å². The van der Waals surface area contributed by atoms with Crippen LogP contribution in [0.3, 0.4) is 0 Å². The normalized spacial score (nSPS) is 17.2. The van der Waals surface area contributed by atoms with Gasteiger partial charge in [0.1, 0.15) is 0 Å². The van der Waals surface area contributed by atoms with Gasteiger partial charge < -0.3 is 9.80 Å². The van der Waals surface area contributed by atoms with Crippen LogP contribution in [0.1, 0.15) is 49.2 Å². The molecular weight excluding hydrogens is 430 g/mol. The molecule has 1 aliphatic rings. The van der Waals surface area contributed by atoms with Crippen molar-refractivity contribution in [3.05, 3.63) is 100 Å². The summed E-state index contributed by atoms with van der Waals surface area (Å²) in [5, 5.41) is 11.1. The first kappa shape index (κ1) is 23.2. The summed E-state index contributed by atoms with van der Waals surface area (Å²) in [7, 11) is 0. The van der Waals surface area contributed by atoms with E-state index in [0.717, 1.165) is 16.9 Å². The molecule has 4 rings (SSSR count). The van der Waals surface area contributed by atoms with Gasteiger partial charge in [-0.25, -0.2) is 0 Å². The summed E-state index contributed by atoms with van der Waals surface area (Å²) in [6.45, 7) is 5.78. The number of non-ortho nitro benzene ring substituents is 1. The van der Waals surface area contributed by atoms with Crippen molar-refractivity contribution in [3.8, 4) is 0 Å². The van der Waals surface area contributed by atoms with Crippen LogP contribution in [0.15, 0.2) is 78.9 Å². The number of fused-ring (bicyclic) bond motifs is 1. The van der Waals surface area contributed by atoms with Gasteiger partial charge in [-0.05, 0) is 49.2 Å². The maximum absolute atomic E-state index is 13.8. The Bertz CT molecular complexity index is 1210. The minimum atomic E-state index is -0.484. The largest absolute Gasteiger partial charge is 0.309 e. The highest BCUT2D eigenvalue weighted by Crippen LogP contribution is 2.43. The molecular formula is C27H27N3O4. The van der Waals surface area contributed by atoms with E-state index in [1.807, 2.05) is 80.3 Å². The Morgan fingerprint density at radius 3 is 2.21 bits per heavy atom. The number of amides is 2. The van der Waals surface area contributed by atoms with E-state index < -0.39 is 4.92 Å². The third kappa shape index (κ3) is 4.29. The highest BCUT2D eigenvalue weighted by atomic mass is 16.6. The van der Waals surface area contributed by atoms with Gasteiger partial charge >= 0.3 is 0 Å². The van der Waals surface area contributed by atoms with Gasteiger partial charge in [-0.3, -0.25) is 19.7 Å². The number of benzene rings is 3. The molecule has 0 saturated carbocycles. The van der Waals surface area contributed by atoms with Crippen LogP contribution >= 0.6 is 0 Å². The molecule has 0 unspecified atom stereocenters. The fraction of sp³-hybridized carbons (Fsp3) is 0.259. The van der Waals surface area contributed by atoms with E-state index >= 15 is 0 Å². The average molecular weight is 458 g/mol. The highest BCUT2D eigenvalue weighted by molar-refractivity contribution is 6.07. The predicted molar refractivity (Wildman–Crippen MR) is 132 cm³/mol. The molecule has 0 N–H and O–H groups in total. The first-order chi connectivity index (χ1) is 16.3. The average Bonchev–Trinajstić information content (AvgIpc) is 2.84. The van der Waals surface area contributed by atoms with Gasteiger partial charge in [-0.15, -0.1) is 0 Å². The molecule has 0 bridgehead atoms. The van der Waals surface area contributed by atoms with Crippen molar-refractivity contribution in [2.24, 2.45) is 5.92 Å². The molecule has 34 heavy (non-hydrogen) atoms. The van der Waals surface area contributed by atoms with Gasteiger partial charge in [-0.2, -0.15) is 0 Å². The second kappa shape index (κ2) is 9.47. The lowest BCUT2D eigenvalue weighted by Gasteiger charge is -2.44.